The Labute approximate surface area is 116 Å². The van der Waals surface area contributed by atoms with Crippen molar-refractivity contribution in [1.82, 2.24) is 5.32 Å². The van der Waals surface area contributed by atoms with Gasteiger partial charge in [0.1, 0.15) is 0 Å². The molecule has 1 fully saturated rings. The number of rotatable bonds is 6. The molecule has 1 aromatic rings. The van der Waals surface area contributed by atoms with Crippen LogP contribution in [-0.4, -0.2) is 6.54 Å². The fourth-order valence-corrected chi connectivity index (χ4v) is 4.14. The van der Waals surface area contributed by atoms with Crippen molar-refractivity contribution >= 4 is 11.3 Å². The Bertz CT molecular complexity index is 339. The molecular formula is C16H27NS. The fourth-order valence-electron chi connectivity index (χ4n) is 3.02. The predicted molar refractivity (Wildman–Crippen MR) is 81.3 cm³/mol. The second-order valence-electron chi connectivity index (χ2n) is 5.49. The molecule has 1 atom stereocenters. The minimum Gasteiger partial charge on any atom is -0.309 e. The summed E-state index contributed by atoms with van der Waals surface area (Å²) >= 11 is 2.02. The molecular weight excluding hydrogens is 238 g/mol. The van der Waals surface area contributed by atoms with Gasteiger partial charge in [0.2, 0.25) is 0 Å². The summed E-state index contributed by atoms with van der Waals surface area (Å²) in [7, 11) is 0. The summed E-state index contributed by atoms with van der Waals surface area (Å²) in [5, 5.41) is 3.80. The van der Waals surface area contributed by atoms with Crippen LogP contribution in [0.5, 0.6) is 0 Å². The van der Waals surface area contributed by atoms with E-state index in [0.29, 0.717) is 6.04 Å². The van der Waals surface area contributed by atoms with Crippen LogP contribution in [0, 0.1) is 5.92 Å². The number of hydrogen-bond acceptors (Lipinski definition) is 2. The van der Waals surface area contributed by atoms with Gasteiger partial charge in [0.15, 0.2) is 0 Å². The average Bonchev–Trinajstić information content (AvgIpc) is 2.89. The molecule has 102 valence electrons. The Balaban J connectivity index is 2.07. The quantitative estimate of drug-likeness (QED) is 0.769. The molecule has 0 aromatic carbocycles. The molecule has 1 N–H and O–H groups in total. The van der Waals surface area contributed by atoms with Gasteiger partial charge >= 0.3 is 0 Å². The monoisotopic (exact) mass is 265 g/mol. The van der Waals surface area contributed by atoms with E-state index in [4.69, 9.17) is 0 Å². The normalized spacial score (nSPS) is 19.0. The molecule has 0 spiro atoms. The Kier molecular flexibility index (Phi) is 5.71. The molecule has 1 aliphatic carbocycles. The first-order valence-electron chi connectivity index (χ1n) is 7.67. The van der Waals surface area contributed by atoms with Crippen molar-refractivity contribution in [1.29, 1.82) is 0 Å². The van der Waals surface area contributed by atoms with E-state index in [0.717, 1.165) is 12.5 Å². The van der Waals surface area contributed by atoms with E-state index in [9.17, 15) is 0 Å². The van der Waals surface area contributed by atoms with E-state index >= 15 is 0 Å². The highest BCUT2D eigenvalue weighted by Crippen LogP contribution is 2.37. The minimum absolute atomic E-state index is 0.621. The van der Waals surface area contributed by atoms with E-state index in [2.05, 4.69) is 31.3 Å². The molecule has 18 heavy (non-hydrogen) atoms. The number of aryl methyl sites for hydroxylation is 1. The molecule has 2 rings (SSSR count). The molecule has 0 radical (unpaired) electrons. The highest BCUT2D eigenvalue weighted by Gasteiger charge is 2.25. The zero-order valence-corrected chi connectivity index (χ0v) is 12.7. The Morgan fingerprint density at radius 1 is 1.22 bits per heavy atom. The average molecular weight is 265 g/mol. The summed E-state index contributed by atoms with van der Waals surface area (Å²) in [6.45, 7) is 5.67. The van der Waals surface area contributed by atoms with E-state index in [1.807, 2.05) is 11.3 Å². The first-order chi connectivity index (χ1) is 8.85. The van der Waals surface area contributed by atoms with Crippen molar-refractivity contribution < 1.29 is 0 Å². The number of hydrogen-bond donors (Lipinski definition) is 1. The molecule has 2 heteroatoms. The Hall–Kier alpha value is -0.340. The van der Waals surface area contributed by atoms with Crippen molar-refractivity contribution in [3.63, 3.8) is 0 Å². The molecule has 0 amide bonds. The van der Waals surface area contributed by atoms with Gasteiger partial charge in [-0.25, -0.2) is 0 Å². The van der Waals surface area contributed by atoms with Crippen LogP contribution in [0.3, 0.4) is 0 Å². The highest BCUT2D eigenvalue weighted by atomic mass is 32.1. The number of thiophene rings is 1. The Morgan fingerprint density at radius 2 is 2.00 bits per heavy atom. The molecule has 1 heterocycles. The van der Waals surface area contributed by atoms with Crippen molar-refractivity contribution in [2.45, 2.75) is 64.8 Å². The van der Waals surface area contributed by atoms with Crippen molar-refractivity contribution in [2.75, 3.05) is 6.54 Å². The maximum Gasteiger partial charge on any atom is 0.0443 e. The fraction of sp³-hybridized carbons (Fsp3) is 0.750. The largest absolute Gasteiger partial charge is 0.309 e. The van der Waals surface area contributed by atoms with Crippen LogP contribution >= 0.6 is 11.3 Å². The van der Waals surface area contributed by atoms with Crippen LogP contribution in [0.2, 0.25) is 0 Å². The third-order valence-electron chi connectivity index (χ3n) is 4.07. The van der Waals surface area contributed by atoms with Gasteiger partial charge in [-0.15, -0.1) is 11.3 Å². The SMILES string of the molecule is CCCNC(c1ccc(CC)s1)C1CCCCC1. The van der Waals surface area contributed by atoms with Crippen molar-refractivity contribution in [3.8, 4) is 0 Å². The van der Waals surface area contributed by atoms with E-state index in [1.54, 1.807) is 4.88 Å². The van der Waals surface area contributed by atoms with Crippen molar-refractivity contribution in [2.24, 2.45) is 5.92 Å². The second kappa shape index (κ2) is 7.30. The van der Waals surface area contributed by atoms with Gasteiger partial charge in [0, 0.05) is 15.8 Å². The van der Waals surface area contributed by atoms with Crippen LogP contribution in [0.1, 0.15) is 68.2 Å². The molecule has 0 bridgehead atoms. The van der Waals surface area contributed by atoms with Crippen molar-refractivity contribution in [3.05, 3.63) is 21.9 Å². The van der Waals surface area contributed by atoms with Gasteiger partial charge in [-0.1, -0.05) is 33.1 Å². The molecule has 1 unspecified atom stereocenters. The summed E-state index contributed by atoms with van der Waals surface area (Å²) in [6, 6.07) is 5.31. The van der Waals surface area contributed by atoms with Gasteiger partial charge in [-0.2, -0.15) is 0 Å². The summed E-state index contributed by atoms with van der Waals surface area (Å²) < 4.78 is 0. The van der Waals surface area contributed by atoms with E-state index in [1.165, 1.54) is 49.8 Å². The summed E-state index contributed by atoms with van der Waals surface area (Å²) in [5.74, 6) is 0.869. The van der Waals surface area contributed by atoms with Gasteiger partial charge in [-0.3, -0.25) is 0 Å². The lowest BCUT2D eigenvalue weighted by atomic mass is 9.83. The summed E-state index contributed by atoms with van der Waals surface area (Å²) in [5.41, 5.74) is 0. The Morgan fingerprint density at radius 3 is 2.61 bits per heavy atom. The lowest BCUT2D eigenvalue weighted by molar-refractivity contribution is 0.275. The van der Waals surface area contributed by atoms with Crippen LogP contribution in [0.25, 0.3) is 0 Å². The van der Waals surface area contributed by atoms with Gasteiger partial charge in [0.05, 0.1) is 0 Å². The molecule has 1 saturated carbocycles. The maximum absolute atomic E-state index is 3.80. The standard InChI is InChI=1S/C16H27NS/c1-3-12-17-16(13-8-6-5-7-9-13)15-11-10-14(4-2)18-15/h10-11,13,16-17H,3-9,12H2,1-2H3. The molecule has 0 aliphatic heterocycles. The van der Waals surface area contributed by atoms with Crippen LogP contribution < -0.4 is 5.32 Å². The predicted octanol–water partition coefficient (Wildman–Crippen LogP) is 4.93. The van der Waals surface area contributed by atoms with Gasteiger partial charge in [0.25, 0.3) is 0 Å². The molecule has 1 aromatic heterocycles. The van der Waals surface area contributed by atoms with E-state index < -0.39 is 0 Å². The van der Waals surface area contributed by atoms with Crippen LogP contribution in [0.15, 0.2) is 12.1 Å². The summed E-state index contributed by atoms with van der Waals surface area (Å²) in [4.78, 5) is 3.11. The first-order valence-corrected chi connectivity index (χ1v) is 8.48. The zero-order valence-electron chi connectivity index (χ0n) is 11.9. The smallest absolute Gasteiger partial charge is 0.0443 e. The lowest BCUT2D eigenvalue weighted by Gasteiger charge is -2.30. The van der Waals surface area contributed by atoms with Crippen LogP contribution in [0.4, 0.5) is 0 Å². The zero-order chi connectivity index (χ0) is 12.8. The number of nitrogens with one attached hydrogen (secondary N) is 1. The second-order valence-corrected chi connectivity index (χ2v) is 6.69. The maximum atomic E-state index is 3.80. The highest BCUT2D eigenvalue weighted by molar-refractivity contribution is 7.12. The summed E-state index contributed by atoms with van der Waals surface area (Å²) in [6.07, 6.45) is 9.55. The third-order valence-corrected chi connectivity index (χ3v) is 5.39. The molecule has 1 nitrogen and oxygen atoms in total. The molecule has 1 aliphatic rings. The third kappa shape index (κ3) is 3.58. The lowest BCUT2D eigenvalue weighted by Crippen LogP contribution is -2.29. The van der Waals surface area contributed by atoms with E-state index in [-0.39, 0.29) is 0 Å². The first kappa shape index (κ1) is 14.1. The van der Waals surface area contributed by atoms with Gasteiger partial charge in [-0.05, 0) is 50.3 Å². The topological polar surface area (TPSA) is 12.0 Å². The molecule has 0 saturated heterocycles. The minimum atomic E-state index is 0.621. The van der Waals surface area contributed by atoms with Gasteiger partial charge < -0.3 is 5.32 Å². The van der Waals surface area contributed by atoms with Crippen LogP contribution in [-0.2, 0) is 6.42 Å².